The molecule has 1 aromatic heterocycles. The molecule has 1 aliphatic rings. The molecule has 19 heavy (non-hydrogen) atoms. The van der Waals surface area contributed by atoms with Crippen molar-refractivity contribution in [2.75, 3.05) is 0 Å². The molecule has 0 aliphatic heterocycles. The standard InChI is InChI=1S/C15H18N2O2/c1-2-17-13-6-4-3-5-12(13)16-14(17)10-7-8-11(9-10)15(18)19/h3-6,10-11H,2,7-9H2,1H3,(H,18,19). The van der Waals surface area contributed by atoms with Crippen LogP contribution in [0.25, 0.3) is 11.0 Å². The lowest BCUT2D eigenvalue weighted by atomic mass is 10.0. The molecule has 0 radical (unpaired) electrons. The Hall–Kier alpha value is -1.84. The Morgan fingerprint density at radius 3 is 2.89 bits per heavy atom. The number of carboxylic acids is 1. The van der Waals surface area contributed by atoms with Gasteiger partial charge < -0.3 is 9.67 Å². The quantitative estimate of drug-likeness (QED) is 0.920. The van der Waals surface area contributed by atoms with Crippen molar-refractivity contribution in [3.8, 4) is 0 Å². The number of aromatic nitrogens is 2. The van der Waals surface area contributed by atoms with Gasteiger partial charge in [0.1, 0.15) is 5.82 Å². The number of aryl methyl sites for hydroxylation is 1. The molecule has 1 aliphatic carbocycles. The van der Waals surface area contributed by atoms with E-state index in [0.29, 0.717) is 0 Å². The molecular weight excluding hydrogens is 240 g/mol. The van der Waals surface area contributed by atoms with Crippen LogP contribution in [0, 0.1) is 5.92 Å². The zero-order valence-corrected chi connectivity index (χ0v) is 11.0. The molecule has 2 unspecified atom stereocenters. The first-order valence-corrected chi connectivity index (χ1v) is 6.88. The van der Waals surface area contributed by atoms with Crippen molar-refractivity contribution >= 4 is 17.0 Å². The predicted octanol–water partition coefficient (Wildman–Crippen LogP) is 3.02. The lowest BCUT2D eigenvalue weighted by Gasteiger charge is -2.11. The fourth-order valence-electron chi connectivity index (χ4n) is 3.18. The highest BCUT2D eigenvalue weighted by atomic mass is 16.4. The number of nitrogens with zero attached hydrogens (tertiary/aromatic N) is 2. The molecule has 0 amide bonds. The number of benzene rings is 1. The number of fused-ring (bicyclic) bond motifs is 1. The average molecular weight is 258 g/mol. The number of carboxylic acid groups (broad SMARTS) is 1. The second-order valence-electron chi connectivity index (χ2n) is 5.25. The molecule has 0 saturated heterocycles. The summed E-state index contributed by atoms with van der Waals surface area (Å²) in [5.41, 5.74) is 2.16. The highest BCUT2D eigenvalue weighted by Gasteiger charge is 2.33. The first-order chi connectivity index (χ1) is 9.20. The molecule has 1 heterocycles. The minimum Gasteiger partial charge on any atom is -0.481 e. The minimum atomic E-state index is -0.665. The van der Waals surface area contributed by atoms with Crippen LogP contribution in [0.2, 0.25) is 0 Å². The Morgan fingerprint density at radius 1 is 1.42 bits per heavy atom. The van der Waals surface area contributed by atoms with Gasteiger partial charge in [0.15, 0.2) is 0 Å². The van der Waals surface area contributed by atoms with Gasteiger partial charge in [0.05, 0.1) is 17.0 Å². The second-order valence-corrected chi connectivity index (χ2v) is 5.25. The van der Waals surface area contributed by atoms with Gasteiger partial charge in [0.2, 0.25) is 0 Å². The summed E-state index contributed by atoms with van der Waals surface area (Å²) in [6.45, 7) is 2.99. The fourth-order valence-corrected chi connectivity index (χ4v) is 3.18. The smallest absolute Gasteiger partial charge is 0.306 e. The number of para-hydroxylation sites is 2. The van der Waals surface area contributed by atoms with Crippen molar-refractivity contribution < 1.29 is 9.90 Å². The summed E-state index contributed by atoms with van der Waals surface area (Å²) >= 11 is 0. The molecule has 4 nitrogen and oxygen atoms in total. The van der Waals surface area contributed by atoms with Crippen LogP contribution in [0.15, 0.2) is 24.3 Å². The SMILES string of the molecule is CCn1c(C2CCC(C(=O)O)C2)nc2ccccc21. The third kappa shape index (κ3) is 2.01. The number of imidazole rings is 1. The maximum Gasteiger partial charge on any atom is 0.306 e. The van der Waals surface area contributed by atoms with Crippen molar-refractivity contribution in [2.45, 2.75) is 38.6 Å². The van der Waals surface area contributed by atoms with Crippen molar-refractivity contribution in [1.82, 2.24) is 9.55 Å². The Balaban J connectivity index is 1.99. The summed E-state index contributed by atoms with van der Waals surface area (Å²) in [4.78, 5) is 15.8. The number of rotatable bonds is 3. The Bertz CT molecular complexity index is 618. The lowest BCUT2D eigenvalue weighted by Crippen LogP contribution is -2.11. The van der Waals surface area contributed by atoms with Gasteiger partial charge in [-0.3, -0.25) is 4.79 Å². The fraction of sp³-hybridized carbons (Fsp3) is 0.467. The van der Waals surface area contributed by atoms with Crippen LogP contribution in [0.4, 0.5) is 0 Å². The van der Waals surface area contributed by atoms with E-state index in [-0.39, 0.29) is 11.8 Å². The van der Waals surface area contributed by atoms with Crippen molar-refractivity contribution in [2.24, 2.45) is 5.92 Å². The molecule has 100 valence electrons. The summed E-state index contributed by atoms with van der Waals surface area (Å²) in [6.07, 6.45) is 2.42. The van der Waals surface area contributed by atoms with E-state index >= 15 is 0 Å². The first kappa shape index (κ1) is 12.2. The van der Waals surface area contributed by atoms with Crippen molar-refractivity contribution in [3.05, 3.63) is 30.1 Å². The molecule has 1 aromatic carbocycles. The van der Waals surface area contributed by atoms with Crippen LogP contribution < -0.4 is 0 Å². The first-order valence-electron chi connectivity index (χ1n) is 6.88. The Kier molecular flexibility index (Phi) is 3.01. The third-order valence-corrected chi connectivity index (χ3v) is 4.15. The summed E-state index contributed by atoms with van der Waals surface area (Å²) in [5, 5.41) is 9.12. The van der Waals surface area contributed by atoms with Gasteiger partial charge in [-0.2, -0.15) is 0 Å². The maximum absolute atomic E-state index is 11.1. The second kappa shape index (κ2) is 4.68. The number of carbonyl (C=O) groups is 1. The van der Waals surface area contributed by atoms with Gasteiger partial charge in [-0.15, -0.1) is 0 Å². The molecule has 1 fully saturated rings. The van der Waals surface area contributed by atoms with Crippen LogP contribution in [0.5, 0.6) is 0 Å². The highest BCUT2D eigenvalue weighted by Crippen LogP contribution is 2.38. The molecule has 0 bridgehead atoms. The summed E-state index contributed by atoms with van der Waals surface area (Å²) in [6, 6.07) is 8.12. The molecule has 1 saturated carbocycles. The number of hydrogen-bond donors (Lipinski definition) is 1. The summed E-state index contributed by atoms with van der Waals surface area (Å²) < 4.78 is 2.23. The van der Waals surface area contributed by atoms with Gasteiger partial charge in [-0.05, 0) is 38.3 Å². The normalized spacial score (nSPS) is 23.0. The van der Waals surface area contributed by atoms with Gasteiger partial charge >= 0.3 is 5.97 Å². The van der Waals surface area contributed by atoms with E-state index in [1.807, 2.05) is 18.2 Å². The van der Waals surface area contributed by atoms with Crippen LogP contribution in [-0.2, 0) is 11.3 Å². The lowest BCUT2D eigenvalue weighted by molar-refractivity contribution is -0.141. The van der Waals surface area contributed by atoms with E-state index in [1.165, 1.54) is 0 Å². The maximum atomic E-state index is 11.1. The summed E-state index contributed by atoms with van der Waals surface area (Å²) in [5.74, 6) is 0.484. The average Bonchev–Trinajstić information content (AvgIpc) is 3.02. The molecule has 4 heteroatoms. The van der Waals surface area contributed by atoms with Crippen molar-refractivity contribution in [1.29, 1.82) is 0 Å². The Labute approximate surface area is 112 Å². The van der Waals surface area contributed by atoms with E-state index in [1.54, 1.807) is 0 Å². The highest BCUT2D eigenvalue weighted by molar-refractivity contribution is 5.76. The molecule has 2 aromatic rings. The zero-order valence-electron chi connectivity index (χ0n) is 11.0. The van der Waals surface area contributed by atoms with E-state index in [9.17, 15) is 4.79 Å². The number of aliphatic carboxylic acids is 1. The Morgan fingerprint density at radius 2 is 2.21 bits per heavy atom. The summed E-state index contributed by atoms with van der Waals surface area (Å²) in [7, 11) is 0. The van der Waals surface area contributed by atoms with Crippen LogP contribution in [0.3, 0.4) is 0 Å². The third-order valence-electron chi connectivity index (χ3n) is 4.15. The molecule has 0 spiro atoms. The van der Waals surface area contributed by atoms with Gasteiger partial charge in [-0.1, -0.05) is 12.1 Å². The van der Waals surface area contributed by atoms with Gasteiger partial charge in [-0.25, -0.2) is 4.98 Å². The monoisotopic (exact) mass is 258 g/mol. The molecule has 2 atom stereocenters. The largest absolute Gasteiger partial charge is 0.481 e. The van der Waals surface area contributed by atoms with E-state index in [0.717, 1.165) is 42.7 Å². The minimum absolute atomic E-state index is 0.199. The van der Waals surface area contributed by atoms with Crippen LogP contribution in [0.1, 0.15) is 37.9 Å². The number of hydrogen-bond acceptors (Lipinski definition) is 2. The van der Waals surface area contributed by atoms with Gasteiger partial charge in [0.25, 0.3) is 0 Å². The topological polar surface area (TPSA) is 55.1 Å². The molecular formula is C15H18N2O2. The van der Waals surface area contributed by atoms with E-state index in [2.05, 4.69) is 17.6 Å². The van der Waals surface area contributed by atoms with Crippen LogP contribution >= 0.6 is 0 Å². The zero-order chi connectivity index (χ0) is 13.4. The molecule has 3 rings (SSSR count). The van der Waals surface area contributed by atoms with E-state index < -0.39 is 5.97 Å². The van der Waals surface area contributed by atoms with Crippen molar-refractivity contribution in [3.63, 3.8) is 0 Å². The molecule has 1 N–H and O–H groups in total. The predicted molar refractivity (Wildman–Crippen MR) is 73.1 cm³/mol. The van der Waals surface area contributed by atoms with E-state index in [4.69, 9.17) is 10.1 Å². The van der Waals surface area contributed by atoms with Crippen LogP contribution in [-0.4, -0.2) is 20.6 Å². The van der Waals surface area contributed by atoms with Gasteiger partial charge in [0, 0.05) is 12.5 Å².